The quantitative estimate of drug-likeness (QED) is 0.775. The molecule has 2 amide bonds. The maximum absolute atomic E-state index is 13.4. The molecule has 1 saturated heterocycles. The lowest BCUT2D eigenvalue weighted by Gasteiger charge is -2.26. The fourth-order valence-electron chi connectivity index (χ4n) is 4.95. The van der Waals surface area contributed by atoms with Gasteiger partial charge in [-0.25, -0.2) is 0 Å². The molecule has 6 nitrogen and oxygen atoms in total. The second kappa shape index (κ2) is 9.72. The molecule has 2 fully saturated rings. The molecule has 1 N–H and O–H groups in total. The van der Waals surface area contributed by atoms with Crippen molar-refractivity contribution in [2.75, 3.05) is 6.54 Å². The maximum Gasteiger partial charge on any atom is 0.255 e. The van der Waals surface area contributed by atoms with Crippen molar-refractivity contribution in [2.45, 2.75) is 77.4 Å². The lowest BCUT2D eigenvalue weighted by atomic mass is 9.95. The monoisotopic (exact) mass is 435 g/mol. The van der Waals surface area contributed by atoms with E-state index < -0.39 is 0 Å². The van der Waals surface area contributed by atoms with Gasteiger partial charge in [0.05, 0.1) is 11.6 Å². The van der Waals surface area contributed by atoms with Crippen molar-refractivity contribution in [2.24, 2.45) is 0 Å². The van der Waals surface area contributed by atoms with Gasteiger partial charge in [-0.3, -0.25) is 14.4 Å². The van der Waals surface area contributed by atoms with Crippen molar-refractivity contribution in [3.05, 3.63) is 69.1 Å². The first kappa shape index (κ1) is 22.3. The van der Waals surface area contributed by atoms with Gasteiger partial charge in [-0.05, 0) is 62.3 Å². The van der Waals surface area contributed by atoms with Crippen molar-refractivity contribution >= 4 is 11.8 Å². The fraction of sp³-hybridized carbons (Fsp3) is 0.500. The van der Waals surface area contributed by atoms with E-state index in [-0.39, 0.29) is 36.0 Å². The van der Waals surface area contributed by atoms with Gasteiger partial charge in [0.25, 0.3) is 11.5 Å². The predicted molar refractivity (Wildman–Crippen MR) is 125 cm³/mol. The first-order valence-electron chi connectivity index (χ1n) is 11.8. The van der Waals surface area contributed by atoms with E-state index in [0.717, 1.165) is 44.1 Å². The highest BCUT2D eigenvalue weighted by atomic mass is 16.2. The van der Waals surface area contributed by atoms with Gasteiger partial charge in [-0.1, -0.05) is 37.5 Å². The Labute approximate surface area is 189 Å². The second-order valence-electron chi connectivity index (χ2n) is 9.29. The molecule has 2 aliphatic rings. The topological polar surface area (TPSA) is 71.4 Å². The molecule has 4 rings (SSSR count). The minimum atomic E-state index is -0.271. The van der Waals surface area contributed by atoms with Gasteiger partial charge in [0, 0.05) is 24.8 Å². The van der Waals surface area contributed by atoms with Crippen LogP contribution in [0.4, 0.5) is 0 Å². The molecule has 0 unspecified atom stereocenters. The lowest BCUT2D eigenvalue weighted by molar-refractivity contribution is -0.122. The number of hydrogen-bond acceptors (Lipinski definition) is 3. The molecular weight excluding hydrogens is 402 g/mol. The molecule has 170 valence electrons. The molecule has 0 radical (unpaired) electrons. The smallest absolute Gasteiger partial charge is 0.255 e. The van der Waals surface area contributed by atoms with Crippen LogP contribution in [-0.4, -0.2) is 33.9 Å². The minimum Gasteiger partial charge on any atom is -0.352 e. The summed E-state index contributed by atoms with van der Waals surface area (Å²) < 4.78 is 1.35. The molecular formula is C26H33N3O3. The van der Waals surface area contributed by atoms with Crippen LogP contribution in [0, 0.1) is 13.8 Å². The number of likely N-dealkylation sites (tertiary alicyclic amines) is 1. The predicted octanol–water partition coefficient (Wildman–Crippen LogP) is 3.89. The number of amides is 2. The van der Waals surface area contributed by atoms with E-state index in [1.807, 2.05) is 4.90 Å². The van der Waals surface area contributed by atoms with Crippen LogP contribution in [0.1, 0.15) is 78.0 Å². The molecule has 1 aliphatic heterocycles. The van der Waals surface area contributed by atoms with Crippen LogP contribution in [0.5, 0.6) is 0 Å². The molecule has 1 aromatic carbocycles. The summed E-state index contributed by atoms with van der Waals surface area (Å²) in [7, 11) is 0. The van der Waals surface area contributed by atoms with Crippen molar-refractivity contribution < 1.29 is 9.59 Å². The summed E-state index contributed by atoms with van der Waals surface area (Å²) in [5.74, 6) is -0.259. The van der Waals surface area contributed by atoms with Crippen molar-refractivity contribution in [1.82, 2.24) is 14.8 Å². The number of benzene rings is 1. The number of aryl methyl sites for hydroxylation is 2. The summed E-state index contributed by atoms with van der Waals surface area (Å²) >= 11 is 0. The zero-order valence-electron chi connectivity index (χ0n) is 19.1. The Morgan fingerprint density at radius 3 is 2.50 bits per heavy atom. The lowest BCUT2D eigenvalue weighted by Crippen LogP contribution is -2.40. The zero-order valence-corrected chi connectivity index (χ0v) is 19.1. The van der Waals surface area contributed by atoms with E-state index in [4.69, 9.17) is 0 Å². The third-order valence-electron chi connectivity index (χ3n) is 6.94. The zero-order chi connectivity index (χ0) is 22.7. The van der Waals surface area contributed by atoms with Crippen LogP contribution in [-0.2, 0) is 11.3 Å². The number of aromatic nitrogens is 1. The number of hydrogen-bond donors (Lipinski definition) is 1. The first-order valence-corrected chi connectivity index (χ1v) is 11.8. The SMILES string of the molecule is Cc1ccc([C@H]2CCCN2C(=O)c2ccc(=O)n(CC(=O)NC3CCCCC3)c2)cc1C. The van der Waals surface area contributed by atoms with Crippen LogP contribution >= 0.6 is 0 Å². The van der Waals surface area contributed by atoms with Crippen molar-refractivity contribution in [3.63, 3.8) is 0 Å². The summed E-state index contributed by atoms with van der Waals surface area (Å²) in [5, 5.41) is 3.04. The van der Waals surface area contributed by atoms with Gasteiger partial charge in [0.2, 0.25) is 5.91 Å². The number of pyridine rings is 1. The molecule has 6 heteroatoms. The van der Waals surface area contributed by atoms with Gasteiger partial charge in [-0.15, -0.1) is 0 Å². The van der Waals surface area contributed by atoms with Gasteiger partial charge in [0.15, 0.2) is 0 Å². The number of nitrogens with one attached hydrogen (secondary N) is 1. The van der Waals surface area contributed by atoms with Crippen LogP contribution in [0.3, 0.4) is 0 Å². The number of rotatable bonds is 5. The average Bonchev–Trinajstić information content (AvgIpc) is 3.27. The number of nitrogens with zero attached hydrogens (tertiary/aromatic N) is 2. The first-order chi connectivity index (χ1) is 15.4. The van der Waals surface area contributed by atoms with Gasteiger partial charge < -0.3 is 14.8 Å². The Morgan fingerprint density at radius 2 is 1.75 bits per heavy atom. The standard InChI is InChI=1S/C26H33N3O3/c1-18-10-11-20(15-19(18)2)23-9-6-14-29(23)26(32)21-12-13-25(31)28(16-21)17-24(30)27-22-7-4-3-5-8-22/h10-13,15-16,22-23H,3-9,14,17H2,1-2H3,(H,27,30)/t23-/m1/s1. The van der Waals surface area contributed by atoms with Crippen molar-refractivity contribution in [1.29, 1.82) is 0 Å². The largest absolute Gasteiger partial charge is 0.352 e. The summed E-state index contributed by atoms with van der Waals surface area (Å²) in [6.07, 6.45) is 8.89. The molecule has 1 aliphatic carbocycles. The highest BCUT2D eigenvalue weighted by Crippen LogP contribution is 2.33. The minimum absolute atomic E-state index is 0.0387. The Bertz CT molecular complexity index is 1050. The summed E-state index contributed by atoms with van der Waals surface area (Å²) in [5.41, 5.74) is 3.79. The molecule has 1 atom stereocenters. The average molecular weight is 436 g/mol. The van der Waals surface area contributed by atoms with Crippen LogP contribution in [0.15, 0.2) is 41.3 Å². The molecule has 1 saturated carbocycles. The highest BCUT2D eigenvalue weighted by Gasteiger charge is 2.31. The summed E-state index contributed by atoms with van der Waals surface area (Å²) in [4.78, 5) is 40.1. The summed E-state index contributed by atoms with van der Waals surface area (Å²) in [6.45, 7) is 4.81. The third kappa shape index (κ3) is 4.95. The Morgan fingerprint density at radius 1 is 0.969 bits per heavy atom. The van der Waals surface area contributed by atoms with E-state index in [1.54, 1.807) is 12.3 Å². The Kier molecular flexibility index (Phi) is 6.77. The van der Waals surface area contributed by atoms with E-state index in [1.165, 1.54) is 28.2 Å². The van der Waals surface area contributed by atoms with Crippen molar-refractivity contribution in [3.8, 4) is 0 Å². The maximum atomic E-state index is 13.4. The summed E-state index contributed by atoms with van der Waals surface area (Å²) in [6, 6.07) is 9.59. The Hall–Kier alpha value is -2.89. The van der Waals surface area contributed by atoms with E-state index in [2.05, 4.69) is 37.4 Å². The number of carbonyl (C=O) groups excluding carboxylic acids is 2. The number of carbonyl (C=O) groups is 2. The van der Waals surface area contributed by atoms with Crippen LogP contribution < -0.4 is 10.9 Å². The van der Waals surface area contributed by atoms with E-state index >= 15 is 0 Å². The highest BCUT2D eigenvalue weighted by molar-refractivity contribution is 5.94. The van der Waals surface area contributed by atoms with Gasteiger partial charge in [0.1, 0.15) is 6.54 Å². The van der Waals surface area contributed by atoms with E-state index in [9.17, 15) is 14.4 Å². The molecule has 2 aromatic rings. The molecule has 0 bridgehead atoms. The fourth-order valence-corrected chi connectivity index (χ4v) is 4.95. The normalized spacial score (nSPS) is 19.2. The van der Waals surface area contributed by atoms with Crippen LogP contribution in [0.2, 0.25) is 0 Å². The second-order valence-corrected chi connectivity index (χ2v) is 9.29. The molecule has 32 heavy (non-hydrogen) atoms. The third-order valence-corrected chi connectivity index (χ3v) is 6.94. The van der Waals surface area contributed by atoms with Gasteiger partial charge in [-0.2, -0.15) is 0 Å². The van der Waals surface area contributed by atoms with E-state index in [0.29, 0.717) is 12.1 Å². The molecule has 1 aromatic heterocycles. The van der Waals surface area contributed by atoms with Crippen LogP contribution in [0.25, 0.3) is 0 Å². The molecule has 2 heterocycles. The van der Waals surface area contributed by atoms with Gasteiger partial charge >= 0.3 is 0 Å². The Balaban J connectivity index is 1.49. The molecule has 0 spiro atoms.